The largest absolute Gasteiger partial charge is 0.309 e. The van der Waals surface area contributed by atoms with Crippen LogP contribution in [-0.2, 0) is 10.8 Å². The number of hydrogen-bond donors (Lipinski definition) is 0. The van der Waals surface area contributed by atoms with Crippen molar-refractivity contribution in [3.05, 3.63) is 442 Å². The Morgan fingerprint density at radius 3 is 1.06 bits per heavy atom. The summed E-state index contributed by atoms with van der Waals surface area (Å²) in [5.74, 6) is 0. The molecule has 2 aliphatic rings. The molecule has 0 saturated heterocycles. The predicted molar refractivity (Wildman–Crippen MR) is 433 cm³/mol. The molecular weight excluding hydrogens is 1360 g/mol. The molecule has 0 atom stereocenters. The molecule has 4 heteroatoms. The quantitative estimate of drug-likeness (QED) is 0.129. The SMILES string of the molecule is Brc1cccc(-c2cccc(-c3ccc4c(c3)c3ccccc3n4-c3ccc4c(c3)-c3ccccc3C4(c3ccccc3)c3ccccc3)c2)c1.Brc1cccc(-c2cccc(-c3ccc4c(c3)c3ccccc3n4-c3cccc4c3-c3ccccc3C4(c3ccccc3)c3ccccc3)c2)c1. The van der Waals surface area contributed by atoms with Crippen molar-refractivity contribution in [2.75, 3.05) is 0 Å². The fourth-order valence-corrected chi connectivity index (χ4v) is 18.0. The Morgan fingerprint density at radius 2 is 0.559 bits per heavy atom. The minimum absolute atomic E-state index is 0.410. The molecule has 0 fully saturated rings. The lowest BCUT2D eigenvalue weighted by molar-refractivity contribution is 0.768. The van der Waals surface area contributed by atoms with Gasteiger partial charge >= 0.3 is 0 Å². The van der Waals surface area contributed by atoms with Gasteiger partial charge in [0.25, 0.3) is 0 Å². The van der Waals surface area contributed by atoms with E-state index < -0.39 is 10.8 Å². The van der Waals surface area contributed by atoms with Gasteiger partial charge in [0, 0.05) is 41.7 Å². The smallest absolute Gasteiger partial charge is 0.0714 e. The summed E-state index contributed by atoms with van der Waals surface area (Å²) in [5, 5.41) is 5.00. The van der Waals surface area contributed by atoms with E-state index in [2.05, 4.69) is 429 Å². The number of rotatable bonds is 10. The van der Waals surface area contributed by atoms with E-state index in [4.69, 9.17) is 0 Å². The number of nitrogens with zero attached hydrogens (tertiary/aromatic N) is 2. The van der Waals surface area contributed by atoms with Crippen molar-refractivity contribution in [3.8, 4) is 78.1 Å². The van der Waals surface area contributed by atoms with E-state index >= 15 is 0 Å². The van der Waals surface area contributed by atoms with Crippen molar-refractivity contribution < 1.29 is 0 Å². The zero-order valence-corrected chi connectivity index (χ0v) is 58.8. The molecule has 480 valence electrons. The molecule has 2 nitrogen and oxygen atoms in total. The molecule has 0 N–H and O–H groups in total. The van der Waals surface area contributed by atoms with E-state index in [-0.39, 0.29) is 0 Å². The van der Waals surface area contributed by atoms with Crippen molar-refractivity contribution in [2.24, 2.45) is 0 Å². The van der Waals surface area contributed by atoms with Crippen LogP contribution < -0.4 is 0 Å². The van der Waals surface area contributed by atoms with Crippen LogP contribution in [0.3, 0.4) is 0 Å². The normalized spacial score (nSPS) is 13.0. The predicted octanol–water partition coefficient (Wildman–Crippen LogP) is 26.5. The van der Waals surface area contributed by atoms with Crippen LogP contribution in [-0.4, -0.2) is 9.13 Å². The van der Waals surface area contributed by atoms with E-state index in [1.165, 1.54) is 161 Å². The highest BCUT2D eigenvalue weighted by atomic mass is 79.9. The van der Waals surface area contributed by atoms with Gasteiger partial charge in [-0.15, -0.1) is 0 Å². The first-order valence-electron chi connectivity index (χ1n) is 34.9. The summed E-state index contributed by atoms with van der Waals surface area (Å²) in [4.78, 5) is 0. The van der Waals surface area contributed by atoms with Gasteiger partial charge in [-0.05, 0) is 197 Å². The lowest BCUT2D eigenvalue weighted by Gasteiger charge is -2.34. The first-order chi connectivity index (χ1) is 50.4. The molecule has 0 spiro atoms. The van der Waals surface area contributed by atoms with Crippen LogP contribution in [0.2, 0.25) is 0 Å². The first-order valence-corrected chi connectivity index (χ1v) is 36.5. The maximum Gasteiger partial charge on any atom is 0.0714 e. The Labute approximate surface area is 610 Å². The lowest BCUT2D eigenvalue weighted by atomic mass is 9.68. The molecule has 0 unspecified atom stereocenters. The van der Waals surface area contributed by atoms with Crippen LogP contribution in [0.1, 0.15) is 44.5 Å². The highest BCUT2D eigenvalue weighted by Crippen LogP contribution is 2.59. The van der Waals surface area contributed by atoms with E-state index in [0.29, 0.717) is 0 Å². The van der Waals surface area contributed by atoms with E-state index in [1.807, 2.05) is 0 Å². The van der Waals surface area contributed by atoms with Crippen molar-refractivity contribution in [1.29, 1.82) is 0 Å². The third-order valence-electron chi connectivity index (χ3n) is 21.5. The average Bonchev–Trinajstić information content (AvgIpc) is 1.54. The highest BCUT2D eigenvalue weighted by Gasteiger charge is 2.48. The van der Waals surface area contributed by atoms with Crippen molar-refractivity contribution in [1.82, 2.24) is 9.13 Å². The van der Waals surface area contributed by atoms with Gasteiger partial charge in [0.05, 0.1) is 38.6 Å². The lowest BCUT2D eigenvalue weighted by Crippen LogP contribution is -2.28. The van der Waals surface area contributed by atoms with Crippen LogP contribution in [0.25, 0.3) is 122 Å². The number of aromatic nitrogens is 2. The number of fused-ring (bicyclic) bond motifs is 12. The van der Waals surface area contributed by atoms with Gasteiger partial charge in [-0.3, -0.25) is 0 Å². The maximum atomic E-state index is 3.65. The van der Waals surface area contributed by atoms with E-state index in [9.17, 15) is 0 Å². The van der Waals surface area contributed by atoms with Gasteiger partial charge in [-0.2, -0.15) is 0 Å². The summed E-state index contributed by atoms with van der Waals surface area (Å²) in [7, 11) is 0. The Morgan fingerprint density at radius 1 is 0.206 bits per heavy atom. The molecule has 0 bridgehead atoms. The molecule has 0 saturated carbocycles. The summed E-state index contributed by atoms with van der Waals surface area (Å²) in [6.07, 6.45) is 0. The molecule has 18 aromatic rings. The second kappa shape index (κ2) is 25.1. The van der Waals surface area contributed by atoms with Crippen molar-refractivity contribution >= 4 is 75.5 Å². The van der Waals surface area contributed by atoms with Gasteiger partial charge < -0.3 is 9.13 Å². The topological polar surface area (TPSA) is 9.86 Å². The molecule has 0 aliphatic heterocycles. The Bertz CT molecular complexity index is 6210. The highest BCUT2D eigenvalue weighted by molar-refractivity contribution is 9.10. The van der Waals surface area contributed by atoms with Crippen LogP contribution >= 0.6 is 31.9 Å². The van der Waals surface area contributed by atoms with Gasteiger partial charge in [-0.1, -0.05) is 329 Å². The van der Waals surface area contributed by atoms with Crippen molar-refractivity contribution in [2.45, 2.75) is 10.8 Å². The maximum absolute atomic E-state index is 3.65. The van der Waals surface area contributed by atoms with Gasteiger partial charge in [0.15, 0.2) is 0 Å². The minimum Gasteiger partial charge on any atom is -0.309 e. The summed E-state index contributed by atoms with van der Waals surface area (Å²) < 4.78 is 7.11. The Hall–Kier alpha value is -11.9. The van der Waals surface area contributed by atoms with E-state index in [1.54, 1.807) is 0 Å². The monoisotopic (exact) mass is 1430 g/mol. The molecule has 20 rings (SSSR count). The van der Waals surface area contributed by atoms with Crippen LogP contribution in [0.5, 0.6) is 0 Å². The van der Waals surface area contributed by atoms with Gasteiger partial charge in [0.2, 0.25) is 0 Å². The van der Waals surface area contributed by atoms with Crippen molar-refractivity contribution in [3.63, 3.8) is 0 Å². The van der Waals surface area contributed by atoms with E-state index in [0.717, 1.165) is 14.6 Å². The molecule has 2 heterocycles. The van der Waals surface area contributed by atoms with Gasteiger partial charge in [0.1, 0.15) is 0 Å². The number of halogens is 2. The number of para-hydroxylation sites is 2. The Balaban J connectivity index is 0.000000141. The molecule has 2 aliphatic carbocycles. The van der Waals surface area contributed by atoms with Gasteiger partial charge in [-0.25, -0.2) is 0 Å². The summed E-state index contributed by atoms with van der Waals surface area (Å²) >= 11 is 7.29. The third-order valence-corrected chi connectivity index (χ3v) is 22.4. The molecule has 0 amide bonds. The second-order valence-corrected chi connectivity index (χ2v) is 28.7. The minimum atomic E-state index is -0.449. The van der Waals surface area contributed by atoms with Crippen LogP contribution in [0, 0.1) is 0 Å². The molecular formula is C98H64Br2N2. The molecule has 102 heavy (non-hydrogen) atoms. The number of benzene rings is 16. The zero-order chi connectivity index (χ0) is 67.9. The molecule has 16 aromatic carbocycles. The summed E-state index contributed by atoms with van der Waals surface area (Å²) in [5.41, 5.74) is 31.5. The average molecular weight is 1430 g/mol. The Kier molecular flexibility index (Phi) is 15.0. The van der Waals surface area contributed by atoms with Crippen LogP contribution in [0.15, 0.2) is 397 Å². The fraction of sp³-hybridized carbons (Fsp3) is 0.0204. The standard InChI is InChI=1S/2C49H32BrN/c50-39-21-12-16-35(31-39)33-14-11-15-34(30-33)36-28-29-46-42(32-36)40-22-8-10-26-45(40)51(46)47-27-13-25-44-48(47)41-23-7-9-24-43(41)49(44,37-17-3-1-4-18-37)38-19-5-2-6-20-38;50-39-20-12-15-35(30-39)33-13-11-14-34(29-33)36-25-28-48-44(31-36)42-22-8-10-24-47(42)51(48)40-26-27-46-43(32-40)41-21-7-9-23-45(41)49(46,37-16-3-1-4-17-37)38-18-5-2-6-19-38/h2*1-32H. The zero-order valence-electron chi connectivity index (χ0n) is 55.6. The molecule has 0 radical (unpaired) electrons. The molecule has 2 aromatic heterocycles. The summed E-state index contributed by atoms with van der Waals surface area (Å²) in [6, 6.07) is 142. The van der Waals surface area contributed by atoms with Crippen LogP contribution in [0.4, 0.5) is 0 Å². The second-order valence-electron chi connectivity index (χ2n) is 26.8. The fourth-order valence-electron chi connectivity index (χ4n) is 17.2. The number of hydrogen-bond acceptors (Lipinski definition) is 0. The third kappa shape index (κ3) is 9.80. The summed E-state index contributed by atoms with van der Waals surface area (Å²) in [6.45, 7) is 0. The first kappa shape index (κ1) is 61.2.